The Balaban J connectivity index is 1.56. The molecule has 0 radical (unpaired) electrons. The summed E-state index contributed by atoms with van der Waals surface area (Å²) in [6.45, 7) is -1.40. The van der Waals surface area contributed by atoms with Crippen molar-refractivity contribution in [3.63, 3.8) is 0 Å². The number of aliphatic hydroxyl groups is 1. The maximum Gasteiger partial charge on any atom is 0.328 e. The topological polar surface area (TPSA) is 169 Å². The zero-order chi connectivity index (χ0) is 36.0. The van der Waals surface area contributed by atoms with Gasteiger partial charge < -0.3 is 34.5 Å². The molecule has 0 aliphatic rings. The van der Waals surface area contributed by atoms with E-state index in [1.165, 1.54) is 31.4 Å². The molecule has 0 saturated heterocycles. The van der Waals surface area contributed by atoms with Gasteiger partial charge in [0.15, 0.2) is 23.0 Å². The Morgan fingerprint density at radius 3 is 1.94 bits per heavy atom. The van der Waals surface area contributed by atoms with Crippen LogP contribution < -0.4 is 14.8 Å². The molecule has 0 fully saturated rings. The number of carboxylic acids is 1. The highest BCUT2D eigenvalue weighted by Gasteiger charge is 2.52. The number of amides is 2. The molecule has 0 unspecified atom stereocenters. The van der Waals surface area contributed by atoms with Crippen LogP contribution >= 0.6 is 0 Å². The Morgan fingerprint density at radius 1 is 0.804 bits per heavy atom. The van der Waals surface area contributed by atoms with Crippen LogP contribution in [0.15, 0.2) is 122 Å². The van der Waals surface area contributed by atoms with E-state index in [0.717, 1.165) is 4.90 Å². The van der Waals surface area contributed by atoms with E-state index < -0.39 is 42.5 Å². The Labute approximate surface area is 292 Å². The van der Waals surface area contributed by atoms with E-state index in [1.807, 2.05) is 0 Å². The summed E-state index contributed by atoms with van der Waals surface area (Å²) in [5, 5.41) is 24.2. The Kier molecular flexibility index (Phi) is 10.0. The van der Waals surface area contributed by atoms with Crippen LogP contribution in [-0.4, -0.2) is 79.3 Å². The molecule has 1 atom stereocenters. The molecule has 0 aliphatic heterocycles. The number of aliphatic carboxylic acids is 1. The van der Waals surface area contributed by atoms with E-state index in [-0.39, 0.29) is 17.0 Å². The number of aromatic nitrogens is 4. The largest absolute Gasteiger partial charge is 0.496 e. The van der Waals surface area contributed by atoms with Gasteiger partial charge in [0.25, 0.3) is 5.91 Å². The van der Waals surface area contributed by atoms with Crippen LogP contribution in [0.4, 0.5) is 5.82 Å². The molecule has 6 rings (SSSR count). The Morgan fingerprint density at radius 2 is 1.37 bits per heavy atom. The molecule has 0 bridgehead atoms. The Bertz CT molecular complexity index is 2130. The summed E-state index contributed by atoms with van der Waals surface area (Å²) in [5.74, 6) is -1.75. The number of carboxylic acid groups (broad SMARTS) is 1. The first-order chi connectivity index (χ1) is 24.8. The van der Waals surface area contributed by atoms with Crippen LogP contribution in [0, 0.1) is 0 Å². The van der Waals surface area contributed by atoms with Crippen molar-refractivity contribution in [3.8, 4) is 11.5 Å². The van der Waals surface area contributed by atoms with E-state index >= 15 is 4.79 Å². The molecule has 6 aromatic rings. The second-order valence-electron chi connectivity index (χ2n) is 11.4. The summed E-state index contributed by atoms with van der Waals surface area (Å²) >= 11 is 0. The van der Waals surface area contributed by atoms with Crippen LogP contribution in [0.25, 0.3) is 11.2 Å². The standard InChI is InChI=1S/C38H34N6O7/c1-50-30-19-11-9-17-27(30)38(26-15-7-4-8-16-26,28-18-10-12-20-31(28)51-2)44(29(22-45)37(48)49)32(46)21-43-24-41-33-34(39-23-40-35(33)43)42-36(47)25-13-5-3-6-14-25/h3-20,23-24,29,45H,21-22H2,1-2H3,(H,48,49)(H,39,40,42,47)/t29-/m0/s1. The third-order valence-electron chi connectivity index (χ3n) is 8.56. The van der Waals surface area contributed by atoms with Gasteiger partial charge in [0.2, 0.25) is 5.91 Å². The predicted molar refractivity (Wildman–Crippen MR) is 187 cm³/mol. The number of ether oxygens (including phenoxy) is 2. The third kappa shape index (κ3) is 6.33. The molecule has 13 nitrogen and oxygen atoms in total. The third-order valence-corrected chi connectivity index (χ3v) is 8.56. The number of benzene rings is 4. The molecule has 2 amide bonds. The number of fused-ring (bicyclic) bond motifs is 1. The van der Waals surface area contributed by atoms with Gasteiger partial charge in [-0.1, -0.05) is 84.9 Å². The molecule has 3 N–H and O–H groups in total. The van der Waals surface area contributed by atoms with Gasteiger partial charge in [-0.3, -0.25) is 9.59 Å². The number of carbonyl (C=O) groups is 3. The number of imidazole rings is 1. The summed E-state index contributed by atoms with van der Waals surface area (Å²) in [7, 11) is 2.96. The number of carbonyl (C=O) groups excluding carboxylic acids is 2. The molecule has 2 aromatic heterocycles. The lowest BCUT2D eigenvalue weighted by Gasteiger charge is -2.48. The van der Waals surface area contributed by atoms with Crippen molar-refractivity contribution < 1.29 is 34.1 Å². The number of nitrogens with one attached hydrogen (secondary N) is 1. The molecular weight excluding hydrogens is 652 g/mol. The summed E-state index contributed by atoms with van der Waals surface area (Å²) in [5.41, 5.74) is 0.405. The number of nitrogens with zero attached hydrogens (tertiary/aromatic N) is 5. The second kappa shape index (κ2) is 14.9. The normalized spacial score (nSPS) is 11.8. The SMILES string of the molecule is COc1ccccc1C(c1ccccc1)(c1ccccc1OC)N(C(=O)Cn1cnc2c(NC(=O)c3ccccc3)ncnc21)[C@@H](CO)C(=O)O. The quantitative estimate of drug-likeness (QED) is 0.148. The first-order valence-corrected chi connectivity index (χ1v) is 15.9. The van der Waals surface area contributed by atoms with Crippen molar-refractivity contribution in [1.29, 1.82) is 0 Å². The molecule has 2 heterocycles. The van der Waals surface area contributed by atoms with E-state index in [4.69, 9.17) is 9.47 Å². The Hall–Kier alpha value is -6.60. The molecule has 0 saturated carbocycles. The van der Waals surface area contributed by atoms with Crippen molar-refractivity contribution in [2.45, 2.75) is 18.1 Å². The maximum atomic E-state index is 15.1. The monoisotopic (exact) mass is 686 g/mol. The highest BCUT2D eigenvalue weighted by molar-refractivity contribution is 6.06. The number of aliphatic hydroxyl groups excluding tert-OH is 1. The van der Waals surface area contributed by atoms with Crippen molar-refractivity contribution in [2.24, 2.45) is 0 Å². The fourth-order valence-corrected chi connectivity index (χ4v) is 6.36. The number of methoxy groups -OCH3 is 2. The number of para-hydroxylation sites is 2. The van der Waals surface area contributed by atoms with Gasteiger partial charge in [-0.2, -0.15) is 0 Å². The molecule has 258 valence electrons. The van der Waals surface area contributed by atoms with E-state index in [1.54, 1.807) is 109 Å². The van der Waals surface area contributed by atoms with Crippen LogP contribution in [0.5, 0.6) is 11.5 Å². The molecular formula is C38H34N6O7. The second-order valence-corrected chi connectivity index (χ2v) is 11.4. The fourth-order valence-electron chi connectivity index (χ4n) is 6.36. The minimum atomic E-state index is -1.77. The maximum absolute atomic E-state index is 15.1. The average Bonchev–Trinajstić information content (AvgIpc) is 3.58. The van der Waals surface area contributed by atoms with Gasteiger partial charge in [0.05, 0.1) is 27.2 Å². The van der Waals surface area contributed by atoms with Crippen LogP contribution in [0.2, 0.25) is 0 Å². The lowest BCUT2D eigenvalue weighted by Crippen LogP contribution is -2.60. The van der Waals surface area contributed by atoms with Crippen molar-refractivity contribution >= 4 is 34.8 Å². The zero-order valence-corrected chi connectivity index (χ0v) is 27.7. The van der Waals surface area contributed by atoms with Crippen molar-refractivity contribution in [1.82, 2.24) is 24.4 Å². The van der Waals surface area contributed by atoms with Crippen LogP contribution in [0.3, 0.4) is 0 Å². The molecule has 0 spiro atoms. The van der Waals surface area contributed by atoms with E-state index in [9.17, 15) is 19.8 Å². The number of anilines is 1. The first-order valence-electron chi connectivity index (χ1n) is 15.9. The molecule has 4 aromatic carbocycles. The minimum absolute atomic E-state index is 0.123. The van der Waals surface area contributed by atoms with Gasteiger partial charge in [-0.05, 0) is 29.8 Å². The van der Waals surface area contributed by atoms with Crippen molar-refractivity contribution in [2.75, 3.05) is 26.1 Å². The molecule has 51 heavy (non-hydrogen) atoms. The van der Waals surface area contributed by atoms with Crippen molar-refractivity contribution in [3.05, 3.63) is 144 Å². The predicted octanol–water partition coefficient (Wildman–Crippen LogP) is 4.36. The van der Waals surface area contributed by atoms with Gasteiger partial charge in [0.1, 0.15) is 29.9 Å². The average molecular weight is 687 g/mol. The van der Waals surface area contributed by atoms with Gasteiger partial charge in [0, 0.05) is 16.7 Å². The van der Waals surface area contributed by atoms with Gasteiger partial charge in [-0.15, -0.1) is 0 Å². The minimum Gasteiger partial charge on any atom is -0.496 e. The lowest BCUT2D eigenvalue weighted by molar-refractivity contribution is -0.156. The lowest BCUT2D eigenvalue weighted by atomic mass is 9.73. The smallest absolute Gasteiger partial charge is 0.328 e. The summed E-state index contributed by atoms with van der Waals surface area (Å²) < 4.78 is 13.1. The summed E-state index contributed by atoms with van der Waals surface area (Å²) in [6.07, 6.45) is 2.59. The van der Waals surface area contributed by atoms with E-state index in [0.29, 0.717) is 33.8 Å². The molecule has 0 aliphatic carbocycles. The number of hydrogen-bond acceptors (Lipinski definition) is 9. The molecule has 13 heteroatoms. The van der Waals surface area contributed by atoms with Gasteiger partial charge in [-0.25, -0.2) is 19.7 Å². The number of hydrogen-bond donors (Lipinski definition) is 3. The van der Waals surface area contributed by atoms with Crippen LogP contribution in [-0.2, 0) is 21.7 Å². The van der Waals surface area contributed by atoms with Gasteiger partial charge >= 0.3 is 5.97 Å². The highest BCUT2D eigenvalue weighted by Crippen LogP contribution is 2.50. The highest BCUT2D eigenvalue weighted by atomic mass is 16.5. The summed E-state index contributed by atoms with van der Waals surface area (Å²) in [4.78, 5) is 55.3. The van der Waals surface area contributed by atoms with E-state index in [2.05, 4.69) is 20.3 Å². The number of rotatable bonds is 13. The fraction of sp³-hybridized carbons (Fsp3) is 0.158. The summed E-state index contributed by atoms with van der Waals surface area (Å²) in [6, 6.07) is 29.7. The zero-order valence-electron chi connectivity index (χ0n) is 27.7. The van der Waals surface area contributed by atoms with Crippen LogP contribution in [0.1, 0.15) is 27.0 Å². The first kappa shape index (κ1) is 34.3.